The van der Waals surface area contributed by atoms with Crippen molar-refractivity contribution in [2.75, 3.05) is 12.4 Å². The van der Waals surface area contributed by atoms with E-state index in [0.717, 1.165) is 30.7 Å². The lowest BCUT2D eigenvalue weighted by Crippen LogP contribution is -2.39. The second-order valence-electron chi connectivity index (χ2n) is 8.82. The van der Waals surface area contributed by atoms with Gasteiger partial charge in [0.25, 0.3) is 0 Å². The molecule has 2 aliphatic carbocycles. The maximum absolute atomic E-state index is 14.3. The Hall–Kier alpha value is -3.14. The smallest absolute Gasteiger partial charge is 0.303 e. The summed E-state index contributed by atoms with van der Waals surface area (Å²) < 4.78 is 41.8. The number of aromatic nitrogens is 4. The van der Waals surface area contributed by atoms with Crippen LogP contribution in [0.25, 0.3) is 22.2 Å². The van der Waals surface area contributed by atoms with Gasteiger partial charge in [-0.05, 0) is 18.9 Å². The maximum atomic E-state index is 14.3. The summed E-state index contributed by atoms with van der Waals surface area (Å²) in [6.07, 6.45) is 7.01. The van der Waals surface area contributed by atoms with Crippen LogP contribution in [-0.4, -0.2) is 44.7 Å². The number of halogens is 2. The predicted molar refractivity (Wildman–Crippen MR) is 117 cm³/mol. The summed E-state index contributed by atoms with van der Waals surface area (Å²) >= 11 is 0. The van der Waals surface area contributed by atoms with Crippen LogP contribution in [0.4, 0.5) is 14.6 Å². The predicted octanol–water partition coefficient (Wildman–Crippen LogP) is 4.45. The highest BCUT2D eigenvalue weighted by atomic mass is 19.3. The molecule has 0 atom stereocenters. The Balaban J connectivity index is 1.60. The third-order valence-corrected chi connectivity index (χ3v) is 6.01. The molecule has 1 amide bonds. The van der Waals surface area contributed by atoms with E-state index in [0.29, 0.717) is 36.0 Å². The van der Waals surface area contributed by atoms with Gasteiger partial charge in [0, 0.05) is 63.1 Å². The molecule has 1 N–H and O–H groups in total. The number of fused-ring (bicyclic) bond motifs is 1. The SMILES string of the molecule is COC1CC(Oc2cc(-c3cn(C4CC4)c4cnc(NC(C)=O)cc34)nc(C(C)(F)F)n2)C1. The number of methoxy groups -OCH3 is 1. The van der Waals surface area contributed by atoms with Crippen molar-refractivity contribution in [2.45, 2.75) is 63.7 Å². The van der Waals surface area contributed by atoms with Crippen LogP contribution in [0.2, 0.25) is 0 Å². The first-order chi connectivity index (χ1) is 15.7. The van der Waals surface area contributed by atoms with Crippen LogP contribution in [-0.2, 0) is 15.5 Å². The number of hydrogen-bond acceptors (Lipinski definition) is 6. The van der Waals surface area contributed by atoms with E-state index in [1.807, 2.05) is 6.20 Å². The molecule has 3 heterocycles. The fraction of sp³-hybridized carbons (Fsp3) is 0.478. The first-order valence-corrected chi connectivity index (χ1v) is 11.0. The highest BCUT2D eigenvalue weighted by Gasteiger charge is 2.34. The topological polar surface area (TPSA) is 91.2 Å². The van der Waals surface area contributed by atoms with Gasteiger partial charge >= 0.3 is 5.92 Å². The average Bonchev–Trinajstić information content (AvgIpc) is 3.49. The van der Waals surface area contributed by atoms with E-state index in [-0.39, 0.29) is 24.0 Å². The van der Waals surface area contributed by atoms with Crippen molar-refractivity contribution in [1.82, 2.24) is 19.5 Å². The number of amides is 1. The molecule has 0 aliphatic heterocycles. The van der Waals surface area contributed by atoms with Crippen molar-refractivity contribution in [3.05, 3.63) is 30.4 Å². The van der Waals surface area contributed by atoms with Crippen LogP contribution in [0, 0.1) is 0 Å². The monoisotopic (exact) mass is 457 g/mol. The number of hydrogen-bond donors (Lipinski definition) is 1. The van der Waals surface area contributed by atoms with Crippen LogP contribution in [0.5, 0.6) is 5.88 Å². The molecule has 0 spiro atoms. The Morgan fingerprint density at radius 1 is 1.21 bits per heavy atom. The van der Waals surface area contributed by atoms with Gasteiger partial charge in [-0.25, -0.2) is 9.97 Å². The summed E-state index contributed by atoms with van der Waals surface area (Å²) in [5.41, 5.74) is 1.85. The summed E-state index contributed by atoms with van der Waals surface area (Å²) in [6, 6.07) is 3.67. The molecule has 8 nitrogen and oxygen atoms in total. The van der Waals surface area contributed by atoms with Gasteiger partial charge in [0.1, 0.15) is 11.9 Å². The van der Waals surface area contributed by atoms with Crippen molar-refractivity contribution in [3.63, 3.8) is 0 Å². The molecule has 5 rings (SSSR count). The lowest BCUT2D eigenvalue weighted by atomic mass is 9.92. The standard InChI is InChI=1S/C23H25F2N5O3/c1-12(31)27-20-8-16-17(11-30(13-4-5-13)19(16)10-26-20)18-9-21(29-22(28-18)23(2,24)25)33-15-6-14(7-15)32-3/h8-11,13-15H,4-7H2,1-3H3,(H,26,27,31). The van der Waals surface area contributed by atoms with Crippen LogP contribution >= 0.6 is 0 Å². The van der Waals surface area contributed by atoms with E-state index < -0.39 is 11.7 Å². The second-order valence-corrected chi connectivity index (χ2v) is 8.82. The van der Waals surface area contributed by atoms with Gasteiger partial charge < -0.3 is 19.4 Å². The fourth-order valence-corrected chi connectivity index (χ4v) is 4.05. The average molecular weight is 457 g/mol. The summed E-state index contributed by atoms with van der Waals surface area (Å²) in [7, 11) is 1.64. The van der Waals surface area contributed by atoms with E-state index in [9.17, 15) is 13.6 Å². The van der Waals surface area contributed by atoms with Crippen LogP contribution < -0.4 is 10.1 Å². The molecule has 3 aromatic heterocycles. The number of pyridine rings is 1. The minimum absolute atomic E-state index is 0.111. The molecule has 2 saturated carbocycles. The van der Waals surface area contributed by atoms with Crippen molar-refractivity contribution in [2.24, 2.45) is 0 Å². The van der Waals surface area contributed by atoms with Crippen molar-refractivity contribution in [1.29, 1.82) is 0 Å². The molecule has 2 aliphatic rings. The Morgan fingerprint density at radius 2 is 1.97 bits per heavy atom. The van der Waals surface area contributed by atoms with Crippen molar-refractivity contribution in [3.8, 4) is 17.1 Å². The molecule has 2 fully saturated rings. The Kier molecular flexibility index (Phi) is 5.27. The molecule has 10 heteroatoms. The van der Waals surface area contributed by atoms with Crippen molar-refractivity contribution >= 4 is 22.6 Å². The highest BCUT2D eigenvalue weighted by Crippen LogP contribution is 2.42. The van der Waals surface area contributed by atoms with E-state index >= 15 is 0 Å². The summed E-state index contributed by atoms with van der Waals surface area (Å²) in [5, 5.41) is 3.44. The number of anilines is 1. The van der Waals surface area contributed by atoms with E-state index in [1.54, 1.807) is 25.4 Å². The molecule has 0 aromatic carbocycles. The quantitative estimate of drug-likeness (QED) is 0.564. The van der Waals surface area contributed by atoms with Crippen LogP contribution in [0.1, 0.15) is 51.4 Å². The molecular formula is C23H25F2N5O3. The van der Waals surface area contributed by atoms with Gasteiger partial charge in [-0.2, -0.15) is 13.8 Å². The van der Waals surface area contributed by atoms with E-state index in [2.05, 4.69) is 24.8 Å². The molecule has 0 bridgehead atoms. The lowest BCUT2D eigenvalue weighted by molar-refractivity contribution is -0.114. The fourth-order valence-electron chi connectivity index (χ4n) is 4.05. The molecule has 174 valence electrons. The Bertz CT molecular complexity index is 1210. The number of nitrogens with one attached hydrogen (secondary N) is 1. The third-order valence-electron chi connectivity index (χ3n) is 6.01. The molecule has 0 unspecified atom stereocenters. The maximum Gasteiger partial charge on any atom is 0.303 e. The number of carbonyl (C=O) groups excluding carboxylic acids is 1. The second kappa shape index (κ2) is 8.02. The number of alkyl halides is 2. The van der Waals surface area contributed by atoms with E-state index in [4.69, 9.17) is 9.47 Å². The Morgan fingerprint density at radius 3 is 2.61 bits per heavy atom. The Labute approximate surface area is 189 Å². The summed E-state index contributed by atoms with van der Waals surface area (Å²) in [5.74, 6) is -3.58. The minimum atomic E-state index is -3.24. The van der Waals surface area contributed by atoms with Gasteiger partial charge in [-0.1, -0.05) is 0 Å². The number of carbonyl (C=O) groups is 1. The zero-order chi connectivity index (χ0) is 23.3. The summed E-state index contributed by atoms with van der Waals surface area (Å²) in [6.45, 7) is 2.17. The van der Waals surface area contributed by atoms with Crippen molar-refractivity contribution < 1.29 is 23.0 Å². The number of rotatable bonds is 7. The zero-order valence-electron chi connectivity index (χ0n) is 18.6. The summed E-state index contributed by atoms with van der Waals surface area (Å²) in [4.78, 5) is 24.1. The van der Waals surface area contributed by atoms with Gasteiger partial charge in [-0.3, -0.25) is 4.79 Å². The first-order valence-electron chi connectivity index (χ1n) is 11.0. The van der Waals surface area contributed by atoms with Gasteiger partial charge in [0.15, 0.2) is 0 Å². The minimum Gasteiger partial charge on any atom is -0.474 e. The molecular weight excluding hydrogens is 432 g/mol. The van der Waals surface area contributed by atoms with Gasteiger partial charge in [0.2, 0.25) is 17.6 Å². The third kappa shape index (κ3) is 4.39. The largest absolute Gasteiger partial charge is 0.474 e. The zero-order valence-corrected chi connectivity index (χ0v) is 18.6. The van der Waals surface area contributed by atoms with Gasteiger partial charge in [-0.15, -0.1) is 0 Å². The van der Waals surface area contributed by atoms with Gasteiger partial charge in [0.05, 0.1) is 23.5 Å². The van der Waals surface area contributed by atoms with Crippen LogP contribution in [0.15, 0.2) is 24.5 Å². The van der Waals surface area contributed by atoms with E-state index in [1.165, 1.54) is 6.92 Å². The molecule has 33 heavy (non-hydrogen) atoms. The number of ether oxygens (including phenoxy) is 2. The van der Waals surface area contributed by atoms with Crippen LogP contribution in [0.3, 0.4) is 0 Å². The molecule has 0 saturated heterocycles. The molecule has 0 radical (unpaired) electrons. The normalized spacial score (nSPS) is 20.5. The molecule has 3 aromatic rings. The first kappa shape index (κ1) is 21.7. The highest BCUT2D eigenvalue weighted by molar-refractivity contribution is 5.98. The lowest BCUT2D eigenvalue weighted by Gasteiger charge is -2.33. The number of nitrogens with zero attached hydrogens (tertiary/aromatic N) is 4.